The molecule has 0 fully saturated rings. The molecule has 0 aliphatic carbocycles. The molecule has 0 aliphatic rings. The van der Waals surface area contributed by atoms with E-state index in [-0.39, 0.29) is 0 Å². The van der Waals surface area contributed by atoms with Crippen LogP contribution < -0.4 is 4.74 Å². The molecule has 0 saturated heterocycles. The van der Waals surface area contributed by atoms with Gasteiger partial charge in [0.1, 0.15) is 18.7 Å². The summed E-state index contributed by atoms with van der Waals surface area (Å²) in [5.41, 5.74) is 1.59. The van der Waals surface area contributed by atoms with Crippen LogP contribution in [0.25, 0.3) is 0 Å². The molecule has 5 heteroatoms. The summed E-state index contributed by atoms with van der Waals surface area (Å²) in [6.45, 7) is 5.06. The normalized spacial score (nSPS) is 10.1. The third-order valence-corrected chi connectivity index (χ3v) is 2.67. The number of benzene rings is 1. The van der Waals surface area contributed by atoms with Crippen molar-refractivity contribution < 1.29 is 4.74 Å². The van der Waals surface area contributed by atoms with E-state index >= 15 is 0 Å². The maximum Gasteiger partial charge on any atom is 0.164 e. The van der Waals surface area contributed by atoms with Crippen LogP contribution in [-0.2, 0) is 13.2 Å². The van der Waals surface area contributed by atoms with Gasteiger partial charge in [-0.05, 0) is 31.5 Å². The Balaban J connectivity index is 2.13. The number of aryl methyl sites for hydroxylation is 2. The zero-order valence-corrected chi connectivity index (χ0v) is 10.4. The topological polar surface area (TPSA) is 63.7 Å². The van der Waals surface area contributed by atoms with E-state index in [0.717, 1.165) is 17.9 Å². The Labute approximate surface area is 106 Å². The molecule has 0 atom stereocenters. The number of rotatable bonds is 4. The number of aromatic nitrogens is 3. The molecule has 0 aliphatic heterocycles. The largest absolute Gasteiger partial charge is 0.485 e. The average Bonchev–Trinajstić information content (AvgIpc) is 2.85. The molecule has 2 aromatic rings. The van der Waals surface area contributed by atoms with Crippen LogP contribution in [0.3, 0.4) is 0 Å². The summed E-state index contributed by atoms with van der Waals surface area (Å²) in [6.07, 6.45) is 1.51. The standard InChI is InChI=1S/C13H14N4O/c1-3-17-13(15-9-16-17)8-18-12-6-11(7-14)5-4-10(12)2/h4-6,9H,3,8H2,1-2H3. The second-order valence-electron chi connectivity index (χ2n) is 3.87. The van der Waals surface area contributed by atoms with Gasteiger partial charge in [0.15, 0.2) is 5.82 Å². The monoisotopic (exact) mass is 242 g/mol. The second kappa shape index (κ2) is 5.32. The smallest absolute Gasteiger partial charge is 0.164 e. The van der Waals surface area contributed by atoms with E-state index in [4.69, 9.17) is 10.00 Å². The lowest BCUT2D eigenvalue weighted by atomic mass is 10.1. The minimum absolute atomic E-state index is 0.351. The first-order chi connectivity index (χ1) is 8.74. The first-order valence-corrected chi connectivity index (χ1v) is 5.74. The molecule has 5 nitrogen and oxygen atoms in total. The van der Waals surface area contributed by atoms with Crippen LogP contribution >= 0.6 is 0 Å². The summed E-state index contributed by atoms with van der Waals surface area (Å²) in [5, 5.41) is 12.9. The van der Waals surface area contributed by atoms with Crippen molar-refractivity contribution in [1.82, 2.24) is 14.8 Å². The molecule has 2 rings (SSSR count). The van der Waals surface area contributed by atoms with Crippen molar-refractivity contribution in [3.63, 3.8) is 0 Å². The number of ether oxygens (including phenoxy) is 1. The molecule has 0 radical (unpaired) electrons. The Kier molecular flexibility index (Phi) is 3.58. The molecule has 0 spiro atoms. The molecule has 0 bridgehead atoms. The van der Waals surface area contributed by atoms with Crippen molar-refractivity contribution in [2.24, 2.45) is 0 Å². The van der Waals surface area contributed by atoms with Crippen LogP contribution in [0.2, 0.25) is 0 Å². The Morgan fingerprint density at radius 3 is 3.00 bits per heavy atom. The summed E-state index contributed by atoms with van der Waals surface area (Å²) < 4.78 is 7.47. The van der Waals surface area contributed by atoms with E-state index in [1.807, 2.05) is 19.9 Å². The fourth-order valence-corrected chi connectivity index (χ4v) is 1.63. The molecule has 0 unspecified atom stereocenters. The van der Waals surface area contributed by atoms with Crippen molar-refractivity contribution in [3.05, 3.63) is 41.5 Å². The highest BCUT2D eigenvalue weighted by Crippen LogP contribution is 2.20. The van der Waals surface area contributed by atoms with Gasteiger partial charge in [0.2, 0.25) is 0 Å². The Morgan fingerprint density at radius 1 is 1.44 bits per heavy atom. The van der Waals surface area contributed by atoms with Gasteiger partial charge < -0.3 is 4.74 Å². The van der Waals surface area contributed by atoms with Crippen LogP contribution in [0.4, 0.5) is 0 Å². The highest BCUT2D eigenvalue weighted by Gasteiger charge is 2.06. The zero-order chi connectivity index (χ0) is 13.0. The Morgan fingerprint density at radius 2 is 2.28 bits per heavy atom. The Bertz CT molecular complexity index is 583. The van der Waals surface area contributed by atoms with Gasteiger partial charge in [0.05, 0.1) is 11.6 Å². The van der Waals surface area contributed by atoms with Gasteiger partial charge in [0.25, 0.3) is 0 Å². The molecule has 1 aromatic carbocycles. The number of nitrogens with zero attached hydrogens (tertiary/aromatic N) is 4. The Hall–Kier alpha value is -2.35. The lowest BCUT2D eigenvalue weighted by molar-refractivity contribution is 0.285. The van der Waals surface area contributed by atoms with Crippen molar-refractivity contribution in [2.45, 2.75) is 27.0 Å². The minimum Gasteiger partial charge on any atom is -0.485 e. The van der Waals surface area contributed by atoms with Crippen molar-refractivity contribution in [2.75, 3.05) is 0 Å². The predicted molar refractivity (Wildman–Crippen MR) is 65.9 cm³/mol. The van der Waals surface area contributed by atoms with Crippen LogP contribution in [-0.4, -0.2) is 14.8 Å². The summed E-state index contributed by atoms with van der Waals surface area (Å²) in [6, 6.07) is 7.48. The molecule has 1 aromatic heterocycles. The van der Waals surface area contributed by atoms with Crippen molar-refractivity contribution in [1.29, 1.82) is 5.26 Å². The molecule has 0 saturated carbocycles. The fourth-order valence-electron chi connectivity index (χ4n) is 1.63. The van der Waals surface area contributed by atoms with E-state index in [9.17, 15) is 0 Å². The maximum absolute atomic E-state index is 8.86. The SMILES string of the molecule is CCn1ncnc1COc1cc(C#N)ccc1C. The highest BCUT2D eigenvalue weighted by atomic mass is 16.5. The summed E-state index contributed by atoms with van der Waals surface area (Å²) in [5.74, 6) is 1.49. The van der Waals surface area contributed by atoms with Crippen LogP contribution in [0.15, 0.2) is 24.5 Å². The fraction of sp³-hybridized carbons (Fsp3) is 0.308. The second-order valence-corrected chi connectivity index (χ2v) is 3.87. The zero-order valence-electron chi connectivity index (χ0n) is 10.4. The number of nitriles is 1. The molecule has 0 amide bonds. The van der Waals surface area contributed by atoms with Crippen LogP contribution in [0, 0.1) is 18.3 Å². The van der Waals surface area contributed by atoms with Crippen molar-refractivity contribution >= 4 is 0 Å². The highest BCUT2D eigenvalue weighted by molar-refractivity contribution is 5.41. The van der Waals surface area contributed by atoms with Crippen LogP contribution in [0.1, 0.15) is 23.9 Å². The summed E-state index contributed by atoms with van der Waals surface area (Å²) in [7, 11) is 0. The number of hydrogen-bond acceptors (Lipinski definition) is 4. The average molecular weight is 242 g/mol. The molecule has 18 heavy (non-hydrogen) atoms. The van der Waals surface area contributed by atoms with Gasteiger partial charge in [-0.1, -0.05) is 6.07 Å². The molecule has 92 valence electrons. The summed E-state index contributed by atoms with van der Waals surface area (Å²) in [4.78, 5) is 4.14. The third kappa shape index (κ3) is 2.48. The predicted octanol–water partition coefficient (Wildman–Crippen LogP) is 2.06. The van der Waals surface area contributed by atoms with Gasteiger partial charge in [-0.25, -0.2) is 9.67 Å². The van der Waals surface area contributed by atoms with E-state index in [1.54, 1.807) is 16.8 Å². The van der Waals surface area contributed by atoms with Gasteiger partial charge in [-0.3, -0.25) is 0 Å². The molecule has 1 heterocycles. The van der Waals surface area contributed by atoms with E-state index in [0.29, 0.717) is 17.9 Å². The van der Waals surface area contributed by atoms with Gasteiger partial charge in [-0.2, -0.15) is 10.4 Å². The van der Waals surface area contributed by atoms with E-state index < -0.39 is 0 Å². The van der Waals surface area contributed by atoms with E-state index in [2.05, 4.69) is 16.2 Å². The lowest BCUT2D eigenvalue weighted by Crippen LogP contribution is -2.07. The maximum atomic E-state index is 8.86. The lowest BCUT2D eigenvalue weighted by Gasteiger charge is -2.09. The molecular weight excluding hydrogens is 228 g/mol. The quantitative estimate of drug-likeness (QED) is 0.823. The first kappa shape index (κ1) is 12.1. The minimum atomic E-state index is 0.351. The van der Waals surface area contributed by atoms with E-state index in [1.165, 1.54) is 6.33 Å². The number of hydrogen-bond donors (Lipinski definition) is 0. The van der Waals surface area contributed by atoms with Crippen molar-refractivity contribution in [3.8, 4) is 11.8 Å². The first-order valence-electron chi connectivity index (χ1n) is 5.74. The third-order valence-electron chi connectivity index (χ3n) is 2.67. The molecule has 0 N–H and O–H groups in total. The van der Waals surface area contributed by atoms with Gasteiger partial charge in [0, 0.05) is 6.54 Å². The van der Waals surface area contributed by atoms with Crippen LogP contribution in [0.5, 0.6) is 5.75 Å². The molecular formula is C13H14N4O. The van der Waals surface area contributed by atoms with Gasteiger partial charge in [-0.15, -0.1) is 0 Å². The van der Waals surface area contributed by atoms with Gasteiger partial charge >= 0.3 is 0 Å². The summed E-state index contributed by atoms with van der Waals surface area (Å²) >= 11 is 0.